The first-order chi connectivity index (χ1) is 7.38. The third kappa shape index (κ3) is 1.14. The minimum atomic E-state index is -1.86. The fraction of sp³-hybridized carbons (Fsp3) is 0.556. The fourth-order valence-corrected chi connectivity index (χ4v) is 2.32. The zero-order valence-electron chi connectivity index (χ0n) is 8.00. The Balaban J connectivity index is 2.44. The second-order valence-corrected chi connectivity index (χ2v) is 4.06. The molecule has 0 aromatic carbocycles. The molecule has 7 nitrogen and oxygen atoms in total. The largest absolute Gasteiger partial charge is 0.481 e. The maximum Gasteiger partial charge on any atom is 0.331 e. The van der Waals surface area contributed by atoms with E-state index >= 15 is 0 Å². The molecule has 3 atom stereocenters. The fourth-order valence-electron chi connectivity index (χ4n) is 2.32. The second kappa shape index (κ2) is 3.03. The van der Waals surface area contributed by atoms with Gasteiger partial charge < -0.3 is 14.9 Å². The summed E-state index contributed by atoms with van der Waals surface area (Å²) in [6.07, 6.45) is -0.663. The Morgan fingerprint density at radius 2 is 1.88 bits per heavy atom. The van der Waals surface area contributed by atoms with Crippen molar-refractivity contribution in [1.29, 1.82) is 0 Å². The van der Waals surface area contributed by atoms with Crippen molar-refractivity contribution in [2.75, 3.05) is 0 Å². The van der Waals surface area contributed by atoms with Gasteiger partial charge in [-0.1, -0.05) is 0 Å². The number of ether oxygens (including phenoxy) is 1. The summed E-state index contributed by atoms with van der Waals surface area (Å²) in [5.41, 5.74) is -1.86. The van der Waals surface area contributed by atoms with Crippen molar-refractivity contribution in [3.05, 3.63) is 0 Å². The molecule has 2 fully saturated rings. The van der Waals surface area contributed by atoms with Gasteiger partial charge in [-0.15, -0.1) is 0 Å². The van der Waals surface area contributed by atoms with E-state index in [-0.39, 0.29) is 12.8 Å². The van der Waals surface area contributed by atoms with Gasteiger partial charge in [0.25, 0.3) is 0 Å². The molecular weight excluding hydrogens is 220 g/mol. The van der Waals surface area contributed by atoms with E-state index in [4.69, 9.17) is 10.2 Å². The molecule has 1 heterocycles. The average Bonchev–Trinajstić information content (AvgIpc) is 2.53. The highest BCUT2D eigenvalue weighted by atomic mass is 16.6. The molecule has 0 radical (unpaired) electrons. The summed E-state index contributed by atoms with van der Waals surface area (Å²) in [7, 11) is 0. The molecule has 1 saturated heterocycles. The summed E-state index contributed by atoms with van der Waals surface area (Å²) in [5, 5.41) is 17.8. The molecule has 0 spiro atoms. The molecule has 7 heteroatoms. The summed E-state index contributed by atoms with van der Waals surface area (Å²) >= 11 is 0. The van der Waals surface area contributed by atoms with Crippen LogP contribution < -0.4 is 0 Å². The quantitative estimate of drug-likeness (QED) is 0.471. The highest BCUT2D eigenvalue weighted by molar-refractivity contribution is 6.08. The molecule has 0 aromatic rings. The van der Waals surface area contributed by atoms with Crippen molar-refractivity contribution in [1.82, 2.24) is 0 Å². The maximum atomic E-state index is 11.4. The van der Waals surface area contributed by atoms with E-state index in [2.05, 4.69) is 4.74 Å². The number of fused-ring (bicyclic) bond motifs is 2. The van der Waals surface area contributed by atoms with Crippen LogP contribution in [0.1, 0.15) is 12.8 Å². The minimum Gasteiger partial charge on any atom is -0.481 e. The van der Waals surface area contributed by atoms with Gasteiger partial charge >= 0.3 is 23.9 Å². The summed E-state index contributed by atoms with van der Waals surface area (Å²) in [5.74, 6) is -6.99. The Labute approximate surface area is 89.0 Å². The Kier molecular flexibility index (Phi) is 2.01. The van der Waals surface area contributed by atoms with Crippen molar-refractivity contribution < 1.29 is 34.1 Å². The topological polar surface area (TPSA) is 118 Å². The van der Waals surface area contributed by atoms with Crippen LogP contribution in [0.5, 0.6) is 0 Å². The van der Waals surface area contributed by atoms with Crippen LogP contribution in [0, 0.1) is 17.3 Å². The smallest absolute Gasteiger partial charge is 0.331 e. The van der Waals surface area contributed by atoms with Crippen molar-refractivity contribution in [3.8, 4) is 0 Å². The van der Waals surface area contributed by atoms with Gasteiger partial charge in [0.05, 0.1) is 11.8 Å². The number of carboxylic acid groups (broad SMARTS) is 2. The van der Waals surface area contributed by atoms with Crippen LogP contribution in [-0.4, -0.2) is 34.1 Å². The lowest BCUT2D eigenvalue weighted by Gasteiger charge is -2.24. The molecule has 1 saturated carbocycles. The minimum absolute atomic E-state index is 0.281. The van der Waals surface area contributed by atoms with Crippen LogP contribution in [0.25, 0.3) is 0 Å². The number of esters is 2. The molecule has 0 amide bonds. The van der Waals surface area contributed by atoms with Gasteiger partial charge in [0, 0.05) is 0 Å². The number of cyclic esters (lactones) is 2. The van der Waals surface area contributed by atoms with E-state index in [9.17, 15) is 19.2 Å². The number of carbonyl (C=O) groups excluding carboxylic acids is 2. The number of hydrogen-bond donors (Lipinski definition) is 2. The molecule has 86 valence electrons. The maximum absolute atomic E-state index is 11.4. The van der Waals surface area contributed by atoms with Crippen LogP contribution in [0.4, 0.5) is 0 Å². The second-order valence-electron chi connectivity index (χ2n) is 4.06. The van der Waals surface area contributed by atoms with Crippen molar-refractivity contribution in [2.45, 2.75) is 12.8 Å². The summed E-state index contributed by atoms with van der Waals surface area (Å²) in [6, 6.07) is 0. The molecule has 2 N–H and O–H groups in total. The summed E-state index contributed by atoms with van der Waals surface area (Å²) in [6.45, 7) is 0. The molecule has 2 aliphatic rings. The predicted octanol–water partition coefficient (Wildman–Crippen LogP) is -0.748. The predicted molar refractivity (Wildman–Crippen MR) is 45.0 cm³/mol. The number of carboxylic acids is 2. The Morgan fingerprint density at radius 1 is 1.25 bits per heavy atom. The lowest BCUT2D eigenvalue weighted by atomic mass is 9.84. The van der Waals surface area contributed by atoms with Gasteiger partial charge in [0.15, 0.2) is 5.41 Å². The van der Waals surface area contributed by atoms with E-state index < -0.39 is 41.1 Å². The highest BCUT2D eigenvalue weighted by Gasteiger charge is 2.64. The molecule has 2 bridgehead atoms. The molecule has 1 aliphatic heterocycles. The highest BCUT2D eigenvalue weighted by Crippen LogP contribution is 2.50. The van der Waals surface area contributed by atoms with Crippen LogP contribution in [0.2, 0.25) is 0 Å². The van der Waals surface area contributed by atoms with E-state index in [1.165, 1.54) is 0 Å². The van der Waals surface area contributed by atoms with Crippen LogP contribution in [-0.2, 0) is 23.9 Å². The van der Waals surface area contributed by atoms with E-state index in [1.54, 1.807) is 0 Å². The van der Waals surface area contributed by atoms with Gasteiger partial charge in [0.1, 0.15) is 0 Å². The molecule has 2 rings (SSSR count). The van der Waals surface area contributed by atoms with Gasteiger partial charge in [-0.25, -0.2) is 0 Å². The monoisotopic (exact) mass is 228 g/mol. The number of aliphatic carboxylic acids is 2. The Morgan fingerprint density at radius 3 is 2.38 bits per heavy atom. The summed E-state index contributed by atoms with van der Waals surface area (Å²) in [4.78, 5) is 44.5. The zero-order chi connectivity index (χ0) is 12.1. The first kappa shape index (κ1) is 10.6. The van der Waals surface area contributed by atoms with Crippen molar-refractivity contribution in [3.63, 3.8) is 0 Å². The van der Waals surface area contributed by atoms with E-state index in [1.807, 2.05) is 0 Å². The van der Waals surface area contributed by atoms with Gasteiger partial charge in [-0.3, -0.25) is 19.2 Å². The van der Waals surface area contributed by atoms with E-state index in [0.29, 0.717) is 0 Å². The van der Waals surface area contributed by atoms with Gasteiger partial charge in [-0.2, -0.15) is 0 Å². The Bertz CT molecular complexity index is 412. The number of carbonyl (C=O) groups is 4. The van der Waals surface area contributed by atoms with Crippen LogP contribution >= 0.6 is 0 Å². The molecule has 3 unspecified atom stereocenters. The standard InChI is InChI=1S/C9H8O7/c10-5(11)3-1-9(7(13)14)2-4(3)6(12)16-8(9)15/h3-4H,1-2H2,(H,10,11)(H,13,14). The lowest BCUT2D eigenvalue weighted by molar-refractivity contribution is -0.180. The van der Waals surface area contributed by atoms with Crippen molar-refractivity contribution >= 4 is 23.9 Å². The van der Waals surface area contributed by atoms with E-state index in [0.717, 1.165) is 0 Å². The first-order valence-corrected chi connectivity index (χ1v) is 4.61. The number of hydrogen-bond acceptors (Lipinski definition) is 5. The lowest BCUT2D eigenvalue weighted by Crippen LogP contribution is -2.43. The van der Waals surface area contributed by atoms with Gasteiger partial charge in [-0.05, 0) is 12.8 Å². The van der Waals surface area contributed by atoms with Crippen molar-refractivity contribution in [2.24, 2.45) is 17.3 Å². The Hall–Kier alpha value is -1.92. The third-order valence-electron chi connectivity index (χ3n) is 3.24. The zero-order valence-corrected chi connectivity index (χ0v) is 8.00. The third-order valence-corrected chi connectivity index (χ3v) is 3.24. The van der Waals surface area contributed by atoms with Crippen LogP contribution in [0.15, 0.2) is 0 Å². The summed E-state index contributed by atoms with van der Waals surface area (Å²) < 4.78 is 4.30. The number of rotatable bonds is 2. The normalized spacial score (nSPS) is 37.0. The molecule has 1 aliphatic carbocycles. The molecule has 16 heavy (non-hydrogen) atoms. The molecular formula is C9H8O7. The first-order valence-electron chi connectivity index (χ1n) is 4.61. The molecule has 0 aromatic heterocycles. The van der Waals surface area contributed by atoms with Crippen LogP contribution in [0.3, 0.4) is 0 Å². The SMILES string of the molecule is O=C(O)C1CC2(C(=O)O)CC1C(=O)OC2=O. The van der Waals surface area contributed by atoms with Gasteiger partial charge in [0.2, 0.25) is 0 Å². The average molecular weight is 228 g/mol.